The van der Waals surface area contributed by atoms with Crippen molar-refractivity contribution in [2.45, 2.75) is 18.7 Å². The smallest absolute Gasteiger partial charge is 0.278 e. The van der Waals surface area contributed by atoms with Crippen molar-refractivity contribution in [1.29, 1.82) is 0 Å². The second kappa shape index (κ2) is 7.72. The molecule has 30 heavy (non-hydrogen) atoms. The fraction of sp³-hybridized carbons (Fsp3) is 0.136. The molecule has 0 spiro atoms. The minimum absolute atomic E-state index is 0.204. The molecule has 152 valence electrons. The van der Waals surface area contributed by atoms with Gasteiger partial charge in [-0.05, 0) is 49.2 Å². The number of hydrogen-bond acceptors (Lipinski definition) is 5. The molecule has 4 rings (SSSR count). The molecule has 3 heterocycles. The molecule has 0 aliphatic carbocycles. The van der Waals surface area contributed by atoms with E-state index in [4.69, 9.17) is 0 Å². The quantitative estimate of drug-likeness (QED) is 0.365. The van der Waals surface area contributed by atoms with Crippen molar-refractivity contribution in [1.82, 2.24) is 18.8 Å². The third-order valence-corrected chi connectivity index (χ3v) is 6.48. The number of rotatable bonds is 5. The first-order chi connectivity index (χ1) is 14.4. The topological polar surface area (TPSA) is 79.9 Å². The third kappa shape index (κ3) is 3.69. The van der Waals surface area contributed by atoms with Crippen molar-refractivity contribution in [3.8, 4) is 11.1 Å². The highest BCUT2D eigenvalue weighted by atomic mass is 32.2. The predicted molar refractivity (Wildman–Crippen MR) is 117 cm³/mol. The number of aryl methyl sites for hydroxylation is 2. The van der Waals surface area contributed by atoms with Gasteiger partial charge in [0.2, 0.25) is 0 Å². The lowest BCUT2D eigenvalue weighted by Crippen LogP contribution is -2.22. The number of pyridine rings is 2. The molecular weight excluding hydrogens is 398 g/mol. The van der Waals surface area contributed by atoms with E-state index in [-0.39, 0.29) is 4.90 Å². The van der Waals surface area contributed by atoms with Crippen molar-refractivity contribution in [2.24, 2.45) is 5.10 Å². The van der Waals surface area contributed by atoms with Crippen LogP contribution in [0.15, 0.2) is 77.2 Å². The Morgan fingerprint density at radius 3 is 2.67 bits per heavy atom. The van der Waals surface area contributed by atoms with Gasteiger partial charge in [-0.3, -0.25) is 9.38 Å². The highest BCUT2D eigenvalue weighted by molar-refractivity contribution is 7.89. The minimum atomic E-state index is -3.73. The highest BCUT2D eigenvalue weighted by Crippen LogP contribution is 2.24. The fourth-order valence-corrected chi connectivity index (χ4v) is 4.25. The van der Waals surface area contributed by atoms with Gasteiger partial charge in [-0.15, -0.1) is 0 Å². The number of aromatic nitrogens is 3. The van der Waals surface area contributed by atoms with Crippen LogP contribution >= 0.6 is 0 Å². The third-order valence-electron chi connectivity index (χ3n) is 4.84. The van der Waals surface area contributed by atoms with Gasteiger partial charge in [-0.25, -0.2) is 4.98 Å². The SMILES string of the molecule is Cc1cccc(S(=O)(=O)N(C)N=Cc2cnc3cc(C)c(-c4cccnc4)cn23)c1. The van der Waals surface area contributed by atoms with Crippen LogP contribution in [-0.4, -0.2) is 40.5 Å². The zero-order chi connectivity index (χ0) is 21.3. The predicted octanol–water partition coefficient (Wildman–Crippen LogP) is 3.67. The van der Waals surface area contributed by atoms with E-state index in [1.807, 2.05) is 48.7 Å². The van der Waals surface area contributed by atoms with Crippen molar-refractivity contribution in [3.63, 3.8) is 0 Å². The van der Waals surface area contributed by atoms with Crippen LogP contribution in [0.1, 0.15) is 16.8 Å². The van der Waals surface area contributed by atoms with Gasteiger partial charge in [0.1, 0.15) is 5.65 Å². The molecule has 7 nitrogen and oxygen atoms in total. The zero-order valence-electron chi connectivity index (χ0n) is 16.9. The number of hydrogen-bond donors (Lipinski definition) is 0. The van der Waals surface area contributed by atoms with Gasteiger partial charge in [0.05, 0.1) is 23.0 Å². The van der Waals surface area contributed by atoms with E-state index in [0.29, 0.717) is 5.69 Å². The van der Waals surface area contributed by atoms with Crippen molar-refractivity contribution < 1.29 is 8.42 Å². The van der Waals surface area contributed by atoms with Crippen LogP contribution in [0.3, 0.4) is 0 Å². The van der Waals surface area contributed by atoms with E-state index in [0.717, 1.165) is 32.3 Å². The van der Waals surface area contributed by atoms with Gasteiger partial charge in [-0.2, -0.15) is 17.9 Å². The van der Waals surface area contributed by atoms with Gasteiger partial charge < -0.3 is 0 Å². The maximum Gasteiger partial charge on any atom is 0.278 e. The highest BCUT2D eigenvalue weighted by Gasteiger charge is 2.19. The molecule has 0 aliphatic heterocycles. The second-order valence-corrected chi connectivity index (χ2v) is 8.97. The maximum atomic E-state index is 12.8. The molecule has 0 saturated heterocycles. The van der Waals surface area contributed by atoms with Crippen LogP contribution in [-0.2, 0) is 10.0 Å². The lowest BCUT2D eigenvalue weighted by molar-refractivity contribution is 0.491. The van der Waals surface area contributed by atoms with E-state index < -0.39 is 10.0 Å². The Labute approximate surface area is 175 Å². The first-order valence-corrected chi connectivity index (χ1v) is 10.8. The number of hydrazone groups is 1. The number of sulfonamides is 1. The molecule has 0 unspecified atom stereocenters. The second-order valence-electron chi connectivity index (χ2n) is 7.02. The Morgan fingerprint density at radius 2 is 1.93 bits per heavy atom. The molecule has 4 aromatic rings. The molecule has 0 amide bonds. The Hall–Kier alpha value is -3.52. The molecule has 0 saturated carbocycles. The summed E-state index contributed by atoms with van der Waals surface area (Å²) in [5.74, 6) is 0. The Balaban J connectivity index is 1.69. The van der Waals surface area contributed by atoms with Crippen LogP contribution < -0.4 is 0 Å². The maximum absolute atomic E-state index is 12.8. The molecule has 0 atom stereocenters. The summed E-state index contributed by atoms with van der Waals surface area (Å²) in [6, 6.07) is 12.6. The summed E-state index contributed by atoms with van der Waals surface area (Å²) in [4.78, 5) is 8.81. The van der Waals surface area contributed by atoms with Crippen LogP contribution in [0.2, 0.25) is 0 Å². The summed E-state index contributed by atoms with van der Waals surface area (Å²) < 4.78 is 28.4. The first-order valence-electron chi connectivity index (χ1n) is 9.34. The fourth-order valence-electron chi connectivity index (χ4n) is 3.19. The summed E-state index contributed by atoms with van der Waals surface area (Å²) >= 11 is 0. The lowest BCUT2D eigenvalue weighted by atomic mass is 10.1. The summed E-state index contributed by atoms with van der Waals surface area (Å²) in [5, 5.41) is 4.17. The molecule has 0 radical (unpaired) electrons. The van der Waals surface area contributed by atoms with E-state index in [1.54, 1.807) is 36.8 Å². The van der Waals surface area contributed by atoms with Crippen LogP contribution in [0, 0.1) is 13.8 Å². The first kappa shape index (κ1) is 19.8. The van der Waals surface area contributed by atoms with Gasteiger partial charge in [0, 0.05) is 36.8 Å². The molecule has 0 N–H and O–H groups in total. The largest absolute Gasteiger partial charge is 0.298 e. The Kier molecular flexibility index (Phi) is 5.09. The molecule has 1 aromatic carbocycles. The zero-order valence-corrected chi connectivity index (χ0v) is 17.7. The van der Waals surface area contributed by atoms with Gasteiger partial charge in [0.25, 0.3) is 10.0 Å². The standard InChI is InChI=1S/C22H21N5O2S/c1-16-6-4-8-20(10-16)30(28,29)26(3)25-14-19-13-24-22-11-17(2)21(15-27(19)22)18-7-5-9-23-12-18/h4-15H,1-3H3. The average molecular weight is 420 g/mol. The van der Waals surface area contributed by atoms with E-state index >= 15 is 0 Å². The van der Waals surface area contributed by atoms with Crippen molar-refractivity contribution >= 4 is 21.9 Å². The summed E-state index contributed by atoms with van der Waals surface area (Å²) in [6.45, 7) is 3.87. The minimum Gasteiger partial charge on any atom is -0.298 e. The number of benzene rings is 1. The van der Waals surface area contributed by atoms with Crippen molar-refractivity contribution in [3.05, 3.63) is 84.1 Å². The molecule has 3 aromatic heterocycles. The lowest BCUT2D eigenvalue weighted by Gasteiger charge is -2.14. The van der Waals surface area contributed by atoms with E-state index in [1.165, 1.54) is 13.3 Å². The van der Waals surface area contributed by atoms with Gasteiger partial charge >= 0.3 is 0 Å². The molecular formula is C22H21N5O2S. The van der Waals surface area contributed by atoms with E-state index in [9.17, 15) is 8.42 Å². The molecule has 8 heteroatoms. The Morgan fingerprint density at radius 1 is 1.10 bits per heavy atom. The van der Waals surface area contributed by atoms with E-state index in [2.05, 4.69) is 15.1 Å². The summed E-state index contributed by atoms with van der Waals surface area (Å²) in [5.41, 5.74) is 5.38. The molecule has 0 aliphatic rings. The monoisotopic (exact) mass is 419 g/mol. The number of imidazole rings is 1. The molecule has 0 fully saturated rings. The van der Waals surface area contributed by atoms with Gasteiger partial charge in [-0.1, -0.05) is 18.2 Å². The van der Waals surface area contributed by atoms with Crippen molar-refractivity contribution in [2.75, 3.05) is 7.05 Å². The average Bonchev–Trinajstić information content (AvgIpc) is 3.13. The van der Waals surface area contributed by atoms with Crippen LogP contribution in [0.5, 0.6) is 0 Å². The summed E-state index contributed by atoms with van der Waals surface area (Å²) in [7, 11) is -2.31. The van der Waals surface area contributed by atoms with Crippen LogP contribution in [0.4, 0.5) is 0 Å². The Bertz CT molecular complexity index is 1340. The summed E-state index contributed by atoms with van der Waals surface area (Å²) in [6.07, 6.45) is 8.66. The number of fused-ring (bicyclic) bond motifs is 1. The normalized spacial score (nSPS) is 12.0. The molecule has 0 bridgehead atoms. The van der Waals surface area contributed by atoms with Gasteiger partial charge in [0.15, 0.2) is 0 Å². The van der Waals surface area contributed by atoms with Crippen LogP contribution in [0.25, 0.3) is 16.8 Å². The number of nitrogens with zero attached hydrogens (tertiary/aromatic N) is 5.